The van der Waals surface area contributed by atoms with Gasteiger partial charge in [-0.3, -0.25) is 4.79 Å². The second-order valence-corrected chi connectivity index (χ2v) is 9.37. The van der Waals surface area contributed by atoms with Gasteiger partial charge in [0.25, 0.3) is 5.91 Å². The number of hydrogen-bond acceptors (Lipinski definition) is 5. The number of ether oxygens (including phenoxy) is 1. The Bertz CT molecular complexity index is 1000. The summed E-state index contributed by atoms with van der Waals surface area (Å²) in [6.07, 6.45) is 0. The zero-order valence-corrected chi connectivity index (χ0v) is 18.0. The quantitative estimate of drug-likeness (QED) is 0.697. The lowest BCUT2D eigenvalue weighted by molar-refractivity contribution is -0.140. The van der Waals surface area contributed by atoms with Crippen molar-refractivity contribution in [2.24, 2.45) is 5.14 Å². The Morgan fingerprint density at radius 3 is 2.28 bits per heavy atom. The van der Waals surface area contributed by atoms with E-state index < -0.39 is 34.0 Å². The highest BCUT2D eigenvalue weighted by molar-refractivity contribution is 7.89. The van der Waals surface area contributed by atoms with Crippen LogP contribution in [0.5, 0.6) is 0 Å². The average molecular weight is 439 g/mol. The maximum absolute atomic E-state index is 12.7. The highest BCUT2D eigenvalue weighted by Crippen LogP contribution is 2.22. The molecule has 7 nitrogen and oxygen atoms in total. The third-order valence-corrected chi connectivity index (χ3v) is 5.35. The van der Waals surface area contributed by atoms with Gasteiger partial charge in [-0.2, -0.15) is 0 Å². The normalized spacial score (nSPS) is 11.8. The van der Waals surface area contributed by atoms with Crippen molar-refractivity contribution in [1.29, 1.82) is 0 Å². The van der Waals surface area contributed by atoms with Crippen LogP contribution >= 0.6 is 11.6 Å². The van der Waals surface area contributed by atoms with Crippen LogP contribution in [0.25, 0.3) is 0 Å². The number of halogens is 1. The van der Waals surface area contributed by atoms with Crippen LogP contribution < -0.4 is 5.14 Å². The van der Waals surface area contributed by atoms with Gasteiger partial charge in [0.15, 0.2) is 6.61 Å². The van der Waals surface area contributed by atoms with Gasteiger partial charge in [-0.05, 0) is 44.5 Å². The standard InChI is InChI=1S/C20H23ClN2O5S/c1-20(2,3)23(12-14-7-5-4-6-8-14)18(24)13-28-19(25)16-11-15(29(22,26)27)9-10-17(16)21/h4-11H,12-13H2,1-3H3,(H2,22,26,27). The first kappa shape index (κ1) is 22.9. The smallest absolute Gasteiger partial charge is 0.340 e. The SMILES string of the molecule is CC(C)(C)N(Cc1ccccc1)C(=O)COC(=O)c1cc(S(N)(=O)=O)ccc1Cl. The van der Waals surface area contributed by atoms with E-state index in [9.17, 15) is 18.0 Å². The summed E-state index contributed by atoms with van der Waals surface area (Å²) in [5.41, 5.74) is 0.243. The van der Waals surface area contributed by atoms with Crippen LogP contribution in [-0.2, 0) is 26.1 Å². The summed E-state index contributed by atoms with van der Waals surface area (Å²) < 4.78 is 28.1. The van der Waals surface area contributed by atoms with Gasteiger partial charge >= 0.3 is 5.97 Å². The highest BCUT2D eigenvalue weighted by atomic mass is 35.5. The molecule has 0 spiro atoms. The van der Waals surface area contributed by atoms with Crippen molar-refractivity contribution >= 4 is 33.5 Å². The Morgan fingerprint density at radius 2 is 1.72 bits per heavy atom. The Balaban J connectivity index is 2.14. The minimum atomic E-state index is -4.02. The molecule has 0 aliphatic rings. The van der Waals surface area contributed by atoms with Crippen molar-refractivity contribution in [3.63, 3.8) is 0 Å². The first-order valence-corrected chi connectivity index (χ1v) is 10.7. The van der Waals surface area contributed by atoms with E-state index in [4.69, 9.17) is 21.5 Å². The summed E-state index contributed by atoms with van der Waals surface area (Å²) in [5, 5.41) is 5.07. The molecule has 0 saturated carbocycles. The molecule has 2 aromatic rings. The number of amides is 1. The first-order chi connectivity index (χ1) is 13.4. The second kappa shape index (κ2) is 8.94. The lowest BCUT2D eigenvalue weighted by Crippen LogP contribution is -2.46. The van der Waals surface area contributed by atoms with E-state index in [2.05, 4.69) is 0 Å². The molecule has 0 bridgehead atoms. The summed E-state index contributed by atoms with van der Waals surface area (Å²) in [6.45, 7) is 5.47. The van der Waals surface area contributed by atoms with E-state index in [0.717, 1.165) is 11.6 Å². The molecule has 2 aromatic carbocycles. The number of nitrogens with two attached hydrogens (primary N) is 1. The van der Waals surface area contributed by atoms with Crippen molar-refractivity contribution < 1.29 is 22.7 Å². The van der Waals surface area contributed by atoms with Crippen LogP contribution in [0.4, 0.5) is 0 Å². The molecule has 0 radical (unpaired) electrons. The molecule has 0 unspecified atom stereocenters. The average Bonchev–Trinajstić information content (AvgIpc) is 2.63. The van der Waals surface area contributed by atoms with Crippen molar-refractivity contribution in [2.75, 3.05) is 6.61 Å². The predicted octanol–water partition coefficient (Wildman–Crippen LogP) is 2.97. The number of esters is 1. The molecule has 0 aliphatic carbocycles. The Kier molecular flexibility index (Phi) is 7.05. The van der Waals surface area contributed by atoms with E-state index >= 15 is 0 Å². The summed E-state index contributed by atoms with van der Waals surface area (Å²) in [4.78, 5) is 26.4. The molecular formula is C20H23ClN2O5S. The molecular weight excluding hydrogens is 416 g/mol. The molecule has 2 rings (SSSR count). The van der Waals surface area contributed by atoms with Crippen molar-refractivity contribution in [3.05, 3.63) is 64.7 Å². The lowest BCUT2D eigenvalue weighted by Gasteiger charge is -2.35. The number of nitrogens with zero attached hydrogens (tertiary/aromatic N) is 1. The van der Waals surface area contributed by atoms with E-state index in [1.807, 2.05) is 51.1 Å². The van der Waals surface area contributed by atoms with Crippen LogP contribution in [0.15, 0.2) is 53.4 Å². The van der Waals surface area contributed by atoms with Gasteiger partial charge in [0.2, 0.25) is 10.0 Å². The maximum Gasteiger partial charge on any atom is 0.340 e. The van der Waals surface area contributed by atoms with Crippen molar-refractivity contribution in [2.45, 2.75) is 37.8 Å². The minimum absolute atomic E-state index is 0.00758. The van der Waals surface area contributed by atoms with Gasteiger partial charge in [-0.1, -0.05) is 41.9 Å². The first-order valence-electron chi connectivity index (χ1n) is 8.73. The monoisotopic (exact) mass is 438 g/mol. The molecule has 0 fully saturated rings. The number of benzene rings is 2. The number of rotatable bonds is 6. The summed E-state index contributed by atoms with van der Waals surface area (Å²) in [6, 6.07) is 12.9. The third kappa shape index (κ3) is 6.28. The number of carbonyl (C=O) groups is 2. The predicted molar refractivity (Wildman–Crippen MR) is 110 cm³/mol. The van der Waals surface area contributed by atoms with Crippen LogP contribution in [0.3, 0.4) is 0 Å². The molecule has 2 N–H and O–H groups in total. The molecule has 156 valence electrons. The Morgan fingerprint density at radius 1 is 1.10 bits per heavy atom. The van der Waals surface area contributed by atoms with Crippen LogP contribution in [-0.4, -0.2) is 37.3 Å². The molecule has 0 saturated heterocycles. The van der Waals surface area contributed by atoms with E-state index in [1.165, 1.54) is 12.1 Å². The topological polar surface area (TPSA) is 107 Å². The zero-order chi connectivity index (χ0) is 21.8. The fourth-order valence-electron chi connectivity index (χ4n) is 2.59. The zero-order valence-electron chi connectivity index (χ0n) is 16.4. The van der Waals surface area contributed by atoms with E-state index in [-0.39, 0.29) is 15.5 Å². The van der Waals surface area contributed by atoms with Crippen LogP contribution in [0, 0.1) is 0 Å². The molecule has 0 aromatic heterocycles. The van der Waals surface area contributed by atoms with Gasteiger partial charge in [0, 0.05) is 12.1 Å². The van der Waals surface area contributed by atoms with E-state index in [1.54, 1.807) is 4.90 Å². The molecule has 0 atom stereocenters. The minimum Gasteiger partial charge on any atom is -0.452 e. The van der Waals surface area contributed by atoms with Gasteiger partial charge in [0.05, 0.1) is 15.5 Å². The number of primary sulfonamides is 1. The molecule has 0 aliphatic heterocycles. The van der Waals surface area contributed by atoms with Crippen LogP contribution in [0.1, 0.15) is 36.7 Å². The van der Waals surface area contributed by atoms with Crippen molar-refractivity contribution in [1.82, 2.24) is 4.90 Å². The fraction of sp³-hybridized carbons (Fsp3) is 0.300. The summed E-state index contributed by atoms with van der Waals surface area (Å²) in [7, 11) is -4.02. The van der Waals surface area contributed by atoms with Gasteiger partial charge < -0.3 is 9.64 Å². The third-order valence-electron chi connectivity index (χ3n) is 4.11. The molecule has 9 heteroatoms. The molecule has 1 amide bonds. The summed E-state index contributed by atoms with van der Waals surface area (Å²) >= 11 is 5.97. The van der Waals surface area contributed by atoms with E-state index in [0.29, 0.717) is 6.54 Å². The molecule has 29 heavy (non-hydrogen) atoms. The number of carbonyl (C=O) groups excluding carboxylic acids is 2. The second-order valence-electron chi connectivity index (χ2n) is 7.40. The molecule has 0 heterocycles. The van der Waals surface area contributed by atoms with Gasteiger partial charge in [-0.15, -0.1) is 0 Å². The van der Waals surface area contributed by atoms with Crippen molar-refractivity contribution in [3.8, 4) is 0 Å². The highest BCUT2D eigenvalue weighted by Gasteiger charge is 2.28. The van der Waals surface area contributed by atoms with Gasteiger partial charge in [0.1, 0.15) is 0 Å². The Labute approximate surface area is 175 Å². The maximum atomic E-state index is 12.7. The number of hydrogen-bond donors (Lipinski definition) is 1. The van der Waals surface area contributed by atoms with Crippen LogP contribution in [0.2, 0.25) is 5.02 Å². The fourth-order valence-corrected chi connectivity index (χ4v) is 3.32. The van der Waals surface area contributed by atoms with Gasteiger partial charge in [-0.25, -0.2) is 18.4 Å². The summed E-state index contributed by atoms with van der Waals surface area (Å²) in [5.74, 6) is -1.31. The lowest BCUT2D eigenvalue weighted by atomic mass is 10.0. The number of sulfonamides is 1. The Hall–Kier alpha value is -2.42. The largest absolute Gasteiger partial charge is 0.452 e.